The molecule has 102 valence electrons. The highest BCUT2D eigenvalue weighted by molar-refractivity contribution is 6.30. The van der Waals surface area contributed by atoms with Gasteiger partial charge in [0.05, 0.1) is 23.5 Å². The molecule has 0 atom stereocenters. The number of carbonyl (C=O) groups is 1. The Balaban J connectivity index is 2.02. The first-order valence-electron chi connectivity index (χ1n) is 5.87. The Hall–Kier alpha value is -1.82. The van der Waals surface area contributed by atoms with Crippen molar-refractivity contribution >= 4 is 17.5 Å². The number of hydrogen-bond acceptors (Lipinski definition) is 3. The summed E-state index contributed by atoms with van der Waals surface area (Å²) in [5.74, 6) is -0.141. The molecule has 0 fully saturated rings. The fraction of sp³-hybridized carbons (Fsp3) is 0.417. The maximum absolute atomic E-state index is 12.2. The molecule has 0 aliphatic rings. The zero-order valence-corrected chi connectivity index (χ0v) is 11.8. The highest BCUT2D eigenvalue weighted by Gasteiger charge is 2.30. The summed E-state index contributed by atoms with van der Waals surface area (Å²) in [5.41, 5.74) is 0.00667. The molecule has 0 aromatic carbocycles. The van der Waals surface area contributed by atoms with E-state index in [-0.39, 0.29) is 5.91 Å². The lowest BCUT2D eigenvalue weighted by molar-refractivity contribution is -0.129. The summed E-state index contributed by atoms with van der Waals surface area (Å²) >= 11 is 5.82. The lowest BCUT2D eigenvalue weighted by atomic mass is 10.1. The van der Waals surface area contributed by atoms with Crippen LogP contribution in [0.5, 0.6) is 0 Å². The van der Waals surface area contributed by atoms with Crippen molar-refractivity contribution in [2.24, 2.45) is 7.05 Å². The average molecular weight is 282 g/mol. The molecular formula is C12H16ClN5O. The van der Waals surface area contributed by atoms with Gasteiger partial charge in [0.1, 0.15) is 5.54 Å². The summed E-state index contributed by atoms with van der Waals surface area (Å²) in [5, 5.41) is 11.6. The van der Waals surface area contributed by atoms with E-state index in [1.807, 2.05) is 19.3 Å². The predicted molar refractivity (Wildman–Crippen MR) is 71.6 cm³/mol. The standard InChI is InChI=1S/C12H16ClN5O/c1-12(2,18-8-9(13)6-15-18)11(19)14-7-10-4-5-17(3)16-10/h4-6,8H,7H2,1-3H3,(H,14,19). The Morgan fingerprint density at radius 3 is 2.79 bits per heavy atom. The monoisotopic (exact) mass is 281 g/mol. The van der Waals surface area contributed by atoms with Crippen LogP contribution in [0.2, 0.25) is 5.02 Å². The maximum atomic E-state index is 12.2. The zero-order chi connectivity index (χ0) is 14.0. The van der Waals surface area contributed by atoms with Gasteiger partial charge in [-0.05, 0) is 19.9 Å². The summed E-state index contributed by atoms with van der Waals surface area (Å²) in [6, 6.07) is 1.86. The van der Waals surface area contributed by atoms with Gasteiger partial charge in [0.15, 0.2) is 0 Å². The van der Waals surface area contributed by atoms with Gasteiger partial charge in [-0.3, -0.25) is 14.2 Å². The third-order valence-corrected chi connectivity index (χ3v) is 3.07. The minimum Gasteiger partial charge on any atom is -0.348 e. The number of aryl methyl sites for hydroxylation is 1. The van der Waals surface area contributed by atoms with Gasteiger partial charge in [0, 0.05) is 19.4 Å². The van der Waals surface area contributed by atoms with Crippen molar-refractivity contribution < 1.29 is 4.79 Å². The molecule has 0 bridgehead atoms. The van der Waals surface area contributed by atoms with Crippen molar-refractivity contribution in [3.8, 4) is 0 Å². The molecule has 7 heteroatoms. The van der Waals surface area contributed by atoms with Crippen molar-refractivity contribution in [2.75, 3.05) is 0 Å². The highest BCUT2D eigenvalue weighted by atomic mass is 35.5. The number of halogens is 1. The third-order valence-electron chi connectivity index (χ3n) is 2.88. The fourth-order valence-corrected chi connectivity index (χ4v) is 1.79. The number of nitrogens with zero attached hydrogens (tertiary/aromatic N) is 4. The lowest BCUT2D eigenvalue weighted by Crippen LogP contribution is -2.44. The van der Waals surface area contributed by atoms with E-state index >= 15 is 0 Å². The van der Waals surface area contributed by atoms with Crippen molar-refractivity contribution in [1.29, 1.82) is 0 Å². The first-order chi connectivity index (χ1) is 8.89. The number of carbonyl (C=O) groups excluding carboxylic acids is 1. The van der Waals surface area contributed by atoms with E-state index in [9.17, 15) is 4.79 Å². The van der Waals surface area contributed by atoms with Crippen molar-refractivity contribution in [3.05, 3.63) is 35.4 Å². The maximum Gasteiger partial charge on any atom is 0.247 e. The highest BCUT2D eigenvalue weighted by Crippen LogP contribution is 2.17. The second-order valence-corrected chi connectivity index (χ2v) is 5.26. The van der Waals surface area contributed by atoms with Crippen LogP contribution in [0.1, 0.15) is 19.5 Å². The third kappa shape index (κ3) is 2.96. The van der Waals surface area contributed by atoms with Gasteiger partial charge in [-0.15, -0.1) is 0 Å². The van der Waals surface area contributed by atoms with Crippen molar-refractivity contribution in [3.63, 3.8) is 0 Å². The Bertz CT molecular complexity index is 586. The normalized spacial score (nSPS) is 11.6. The molecule has 2 aromatic heterocycles. The molecule has 6 nitrogen and oxygen atoms in total. The molecular weight excluding hydrogens is 266 g/mol. The van der Waals surface area contributed by atoms with Crippen LogP contribution in [0.3, 0.4) is 0 Å². The van der Waals surface area contributed by atoms with Gasteiger partial charge in [0.2, 0.25) is 5.91 Å². The molecule has 0 radical (unpaired) electrons. The molecule has 1 amide bonds. The molecule has 0 aliphatic carbocycles. The van der Waals surface area contributed by atoms with Gasteiger partial charge in [-0.25, -0.2) is 0 Å². The molecule has 0 aliphatic heterocycles. The van der Waals surface area contributed by atoms with Crippen LogP contribution in [0, 0.1) is 0 Å². The van der Waals surface area contributed by atoms with Crippen LogP contribution < -0.4 is 5.32 Å². The summed E-state index contributed by atoms with van der Waals surface area (Å²) in [4.78, 5) is 12.2. The molecule has 0 spiro atoms. The van der Waals surface area contributed by atoms with Crippen LogP contribution in [0.4, 0.5) is 0 Å². The van der Waals surface area contributed by atoms with Gasteiger partial charge in [-0.1, -0.05) is 11.6 Å². The molecule has 2 heterocycles. The molecule has 2 aromatic rings. The van der Waals surface area contributed by atoms with Gasteiger partial charge in [0.25, 0.3) is 0 Å². The molecule has 1 N–H and O–H groups in total. The topological polar surface area (TPSA) is 64.7 Å². The Kier molecular flexibility index (Phi) is 3.61. The average Bonchev–Trinajstić information content (AvgIpc) is 2.95. The van der Waals surface area contributed by atoms with Crippen LogP contribution >= 0.6 is 11.6 Å². The number of nitrogens with one attached hydrogen (secondary N) is 1. The van der Waals surface area contributed by atoms with E-state index in [1.54, 1.807) is 29.4 Å². The molecule has 19 heavy (non-hydrogen) atoms. The number of amides is 1. The number of rotatable bonds is 4. The van der Waals surface area contributed by atoms with Crippen LogP contribution in [0.25, 0.3) is 0 Å². The van der Waals surface area contributed by atoms with Gasteiger partial charge >= 0.3 is 0 Å². The Labute approximate surface area is 116 Å². The van der Waals surface area contributed by atoms with E-state index in [0.29, 0.717) is 11.6 Å². The van der Waals surface area contributed by atoms with E-state index in [4.69, 9.17) is 11.6 Å². The molecule has 2 rings (SSSR count). The smallest absolute Gasteiger partial charge is 0.247 e. The predicted octanol–water partition coefficient (Wildman–Crippen LogP) is 1.32. The van der Waals surface area contributed by atoms with Gasteiger partial charge in [-0.2, -0.15) is 10.2 Å². The van der Waals surface area contributed by atoms with Crippen LogP contribution in [-0.4, -0.2) is 25.5 Å². The SMILES string of the molecule is Cn1ccc(CNC(=O)C(C)(C)n2cc(Cl)cn2)n1. The van der Waals surface area contributed by atoms with Crippen LogP contribution in [-0.2, 0) is 23.9 Å². The number of aromatic nitrogens is 4. The molecule has 0 saturated heterocycles. The van der Waals surface area contributed by atoms with E-state index in [1.165, 1.54) is 6.20 Å². The van der Waals surface area contributed by atoms with Crippen LogP contribution in [0.15, 0.2) is 24.7 Å². The minimum absolute atomic E-state index is 0.141. The second-order valence-electron chi connectivity index (χ2n) is 4.83. The van der Waals surface area contributed by atoms with E-state index < -0.39 is 5.54 Å². The van der Waals surface area contributed by atoms with Crippen molar-refractivity contribution in [1.82, 2.24) is 24.9 Å². The summed E-state index contributed by atoms with van der Waals surface area (Å²) in [6.07, 6.45) is 4.97. The lowest BCUT2D eigenvalue weighted by Gasteiger charge is -2.23. The van der Waals surface area contributed by atoms with Gasteiger partial charge < -0.3 is 5.32 Å². The quantitative estimate of drug-likeness (QED) is 0.919. The van der Waals surface area contributed by atoms with E-state index in [2.05, 4.69) is 15.5 Å². The summed E-state index contributed by atoms with van der Waals surface area (Å²) < 4.78 is 3.24. The first-order valence-corrected chi connectivity index (χ1v) is 6.25. The summed E-state index contributed by atoms with van der Waals surface area (Å²) in [6.45, 7) is 3.95. The largest absolute Gasteiger partial charge is 0.348 e. The summed E-state index contributed by atoms with van der Waals surface area (Å²) in [7, 11) is 1.83. The first kappa shape index (κ1) is 13.6. The minimum atomic E-state index is -0.804. The van der Waals surface area contributed by atoms with Crippen molar-refractivity contribution in [2.45, 2.75) is 25.9 Å². The second kappa shape index (κ2) is 5.05. The molecule has 0 unspecified atom stereocenters. The Morgan fingerprint density at radius 1 is 1.53 bits per heavy atom. The number of hydrogen-bond donors (Lipinski definition) is 1. The molecule has 0 saturated carbocycles. The zero-order valence-electron chi connectivity index (χ0n) is 11.1. The van der Waals surface area contributed by atoms with E-state index in [0.717, 1.165) is 5.69 Å². The Morgan fingerprint density at radius 2 is 2.26 bits per heavy atom. The fourth-order valence-electron chi connectivity index (χ4n) is 1.66.